The fourth-order valence-electron chi connectivity index (χ4n) is 3.41. The largest absolute Gasteiger partial charge is 0.371 e. The zero-order chi connectivity index (χ0) is 20.4. The van der Waals surface area contributed by atoms with Crippen molar-refractivity contribution >= 4 is 52.2 Å². The summed E-state index contributed by atoms with van der Waals surface area (Å²) in [4.78, 5) is 27.5. The molecule has 152 valence electrons. The lowest BCUT2D eigenvalue weighted by atomic mass is 10.1. The van der Waals surface area contributed by atoms with E-state index in [1.807, 2.05) is 6.07 Å². The van der Waals surface area contributed by atoms with Crippen LogP contribution in [0.1, 0.15) is 36.0 Å². The van der Waals surface area contributed by atoms with E-state index < -0.39 is 6.03 Å². The maximum absolute atomic E-state index is 12.8. The second kappa shape index (κ2) is 8.51. The molecule has 3 N–H and O–H groups in total. The van der Waals surface area contributed by atoms with Gasteiger partial charge in [-0.15, -0.1) is 0 Å². The van der Waals surface area contributed by atoms with Crippen LogP contribution < -0.4 is 20.9 Å². The summed E-state index contributed by atoms with van der Waals surface area (Å²) < 4.78 is 0. The second-order valence-electron chi connectivity index (χ2n) is 7.35. The van der Waals surface area contributed by atoms with Crippen LogP contribution in [0.3, 0.4) is 0 Å². The summed E-state index contributed by atoms with van der Waals surface area (Å²) in [5.74, 6) is -0.104. The van der Waals surface area contributed by atoms with Crippen LogP contribution in [0, 0.1) is 0 Å². The van der Waals surface area contributed by atoms with Gasteiger partial charge in [0.25, 0.3) is 5.91 Å². The molecular formula is C21H22Cl2N4O2. The Hall–Kier alpha value is -2.44. The lowest BCUT2D eigenvalue weighted by Gasteiger charge is -2.22. The Balaban J connectivity index is 1.53. The Kier molecular flexibility index (Phi) is 5.83. The number of carbonyl (C=O) groups is 2. The van der Waals surface area contributed by atoms with Crippen LogP contribution in [0.4, 0.5) is 21.9 Å². The van der Waals surface area contributed by atoms with Crippen molar-refractivity contribution in [3.8, 4) is 0 Å². The standard InChI is InChI=1S/C21H22Cl2N4O2/c22-16-4-3-5-17(23)19(16)26-21(29)25-14-8-9-18(27-10-1-2-11-27)15(12-14)20(28)24-13-6-7-13/h3-5,8-9,12-13H,1-2,6-7,10-11H2,(H,24,28)(H2,25,26,29). The summed E-state index contributed by atoms with van der Waals surface area (Å²) in [6.07, 6.45) is 4.27. The molecule has 1 heterocycles. The van der Waals surface area contributed by atoms with Crippen LogP contribution in [-0.4, -0.2) is 31.1 Å². The minimum atomic E-state index is -0.484. The first-order valence-electron chi connectivity index (χ1n) is 9.73. The molecule has 1 saturated heterocycles. The minimum Gasteiger partial charge on any atom is -0.371 e. The first kappa shape index (κ1) is 19.9. The van der Waals surface area contributed by atoms with Gasteiger partial charge in [-0.2, -0.15) is 0 Å². The number of hydrogen-bond acceptors (Lipinski definition) is 3. The molecule has 29 heavy (non-hydrogen) atoms. The summed E-state index contributed by atoms with van der Waals surface area (Å²) in [5.41, 5.74) is 2.34. The average Bonchev–Trinajstić information content (AvgIpc) is 3.34. The van der Waals surface area contributed by atoms with E-state index in [4.69, 9.17) is 23.2 Å². The molecule has 2 aromatic carbocycles. The van der Waals surface area contributed by atoms with E-state index >= 15 is 0 Å². The van der Waals surface area contributed by atoms with Crippen LogP contribution >= 0.6 is 23.2 Å². The zero-order valence-corrected chi connectivity index (χ0v) is 17.3. The molecule has 0 aromatic heterocycles. The van der Waals surface area contributed by atoms with Gasteiger partial charge in [-0.25, -0.2) is 4.79 Å². The van der Waals surface area contributed by atoms with Crippen molar-refractivity contribution < 1.29 is 9.59 Å². The molecule has 0 unspecified atom stereocenters. The number of urea groups is 1. The van der Waals surface area contributed by atoms with Gasteiger partial charge in [-0.1, -0.05) is 29.3 Å². The van der Waals surface area contributed by atoms with E-state index in [2.05, 4.69) is 20.9 Å². The van der Waals surface area contributed by atoms with Crippen LogP contribution in [0.5, 0.6) is 0 Å². The number of para-hydroxylation sites is 1. The third-order valence-corrected chi connectivity index (χ3v) is 5.69. The molecule has 6 nitrogen and oxygen atoms in total. The van der Waals surface area contributed by atoms with Gasteiger partial charge in [0.05, 0.1) is 21.3 Å². The number of amides is 3. The van der Waals surface area contributed by atoms with E-state index in [0.717, 1.165) is 44.5 Å². The fraction of sp³-hybridized carbons (Fsp3) is 0.333. The summed E-state index contributed by atoms with van der Waals surface area (Å²) in [6.45, 7) is 1.87. The van der Waals surface area contributed by atoms with Gasteiger partial charge in [-0.05, 0) is 56.0 Å². The number of nitrogens with one attached hydrogen (secondary N) is 3. The third kappa shape index (κ3) is 4.77. The van der Waals surface area contributed by atoms with Crippen LogP contribution in [0.15, 0.2) is 36.4 Å². The monoisotopic (exact) mass is 432 g/mol. The van der Waals surface area contributed by atoms with Crippen molar-refractivity contribution in [3.05, 3.63) is 52.0 Å². The van der Waals surface area contributed by atoms with Crippen molar-refractivity contribution in [2.24, 2.45) is 0 Å². The summed E-state index contributed by atoms with van der Waals surface area (Å²) in [6, 6.07) is 10.2. The molecule has 8 heteroatoms. The Morgan fingerprint density at radius 3 is 2.31 bits per heavy atom. The van der Waals surface area contributed by atoms with E-state index in [0.29, 0.717) is 27.0 Å². The van der Waals surface area contributed by atoms with Gasteiger partial charge < -0.3 is 20.9 Å². The Labute approximate surface area is 179 Å². The second-order valence-corrected chi connectivity index (χ2v) is 8.16. The highest BCUT2D eigenvalue weighted by molar-refractivity contribution is 6.39. The molecule has 2 fully saturated rings. The number of benzene rings is 2. The molecule has 0 bridgehead atoms. The van der Waals surface area contributed by atoms with Gasteiger partial charge in [0, 0.05) is 30.5 Å². The maximum atomic E-state index is 12.8. The fourth-order valence-corrected chi connectivity index (χ4v) is 3.91. The smallest absolute Gasteiger partial charge is 0.323 e. The maximum Gasteiger partial charge on any atom is 0.323 e. The Morgan fingerprint density at radius 1 is 0.966 bits per heavy atom. The SMILES string of the molecule is O=C(Nc1ccc(N2CCCC2)c(C(=O)NC2CC2)c1)Nc1c(Cl)cccc1Cl. The molecule has 4 rings (SSSR count). The lowest BCUT2D eigenvalue weighted by molar-refractivity contribution is 0.0951. The number of anilines is 3. The molecule has 0 spiro atoms. The van der Waals surface area contributed by atoms with E-state index in [-0.39, 0.29) is 11.9 Å². The molecule has 1 aliphatic heterocycles. The first-order valence-corrected chi connectivity index (χ1v) is 10.5. The van der Waals surface area contributed by atoms with Crippen molar-refractivity contribution in [2.45, 2.75) is 31.7 Å². The molecule has 3 amide bonds. The zero-order valence-electron chi connectivity index (χ0n) is 15.8. The van der Waals surface area contributed by atoms with Crippen molar-refractivity contribution in [1.29, 1.82) is 0 Å². The van der Waals surface area contributed by atoms with Gasteiger partial charge in [0.2, 0.25) is 0 Å². The van der Waals surface area contributed by atoms with Crippen LogP contribution in [0.25, 0.3) is 0 Å². The molecule has 2 aliphatic rings. The van der Waals surface area contributed by atoms with Crippen LogP contribution in [0.2, 0.25) is 10.0 Å². The quantitative estimate of drug-likeness (QED) is 0.612. The number of rotatable bonds is 5. The van der Waals surface area contributed by atoms with E-state index in [1.54, 1.807) is 30.3 Å². The Morgan fingerprint density at radius 2 is 1.66 bits per heavy atom. The van der Waals surface area contributed by atoms with E-state index in [9.17, 15) is 9.59 Å². The van der Waals surface area contributed by atoms with Gasteiger partial charge in [-0.3, -0.25) is 4.79 Å². The van der Waals surface area contributed by atoms with Gasteiger partial charge in [0.15, 0.2) is 0 Å². The average molecular weight is 433 g/mol. The highest BCUT2D eigenvalue weighted by Gasteiger charge is 2.27. The third-order valence-electron chi connectivity index (χ3n) is 5.06. The number of nitrogens with zero attached hydrogens (tertiary/aromatic N) is 1. The topological polar surface area (TPSA) is 73.5 Å². The molecule has 0 atom stereocenters. The van der Waals surface area contributed by atoms with Crippen LogP contribution in [-0.2, 0) is 0 Å². The number of hydrogen-bond donors (Lipinski definition) is 3. The molecular weight excluding hydrogens is 411 g/mol. The molecule has 1 saturated carbocycles. The minimum absolute atomic E-state index is 0.104. The normalized spacial score (nSPS) is 15.9. The van der Waals surface area contributed by atoms with Crippen molar-refractivity contribution in [2.75, 3.05) is 28.6 Å². The van der Waals surface area contributed by atoms with Gasteiger partial charge >= 0.3 is 6.03 Å². The molecule has 0 radical (unpaired) electrons. The van der Waals surface area contributed by atoms with Gasteiger partial charge in [0.1, 0.15) is 0 Å². The summed E-state index contributed by atoms with van der Waals surface area (Å²) in [5, 5.41) is 9.16. The predicted molar refractivity (Wildman–Crippen MR) is 117 cm³/mol. The number of halogens is 2. The Bertz CT molecular complexity index is 920. The molecule has 2 aromatic rings. The van der Waals surface area contributed by atoms with Crippen molar-refractivity contribution in [3.63, 3.8) is 0 Å². The highest BCUT2D eigenvalue weighted by Crippen LogP contribution is 2.31. The number of carbonyl (C=O) groups excluding carboxylic acids is 2. The predicted octanol–water partition coefficient (Wildman–Crippen LogP) is 5.13. The first-order chi connectivity index (χ1) is 14.0. The highest BCUT2D eigenvalue weighted by atomic mass is 35.5. The summed E-state index contributed by atoms with van der Waals surface area (Å²) >= 11 is 12.2. The molecule has 1 aliphatic carbocycles. The lowest BCUT2D eigenvalue weighted by Crippen LogP contribution is -2.29. The van der Waals surface area contributed by atoms with Crippen molar-refractivity contribution in [1.82, 2.24) is 5.32 Å². The summed E-state index contributed by atoms with van der Waals surface area (Å²) in [7, 11) is 0. The van der Waals surface area contributed by atoms with E-state index in [1.165, 1.54) is 0 Å².